The average molecular weight is 191 g/mol. The number of fused-ring (bicyclic) bond motifs is 1. The van der Waals surface area contributed by atoms with E-state index in [9.17, 15) is 0 Å². The van der Waals surface area contributed by atoms with Crippen LogP contribution in [0.15, 0.2) is 6.07 Å². The third-order valence-electron chi connectivity index (χ3n) is 3.18. The molecule has 0 aliphatic heterocycles. The third-order valence-corrected chi connectivity index (χ3v) is 3.18. The van der Waals surface area contributed by atoms with Crippen LogP contribution in [0.4, 0.5) is 0 Å². The number of aryl methyl sites for hydroxylation is 1. The molecule has 0 spiro atoms. The molecular weight excluding hydrogens is 174 g/mol. The molecule has 0 amide bonds. The first kappa shape index (κ1) is 9.53. The zero-order valence-electron chi connectivity index (χ0n) is 9.05. The Bertz CT molecular complexity index is 371. The summed E-state index contributed by atoms with van der Waals surface area (Å²) in [5.74, 6) is 1.03. The summed E-state index contributed by atoms with van der Waals surface area (Å²) >= 11 is 0. The summed E-state index contributed by atoms with van der Waals surface area (Å²) in [7, 11) is 1.73. The number of hydrogen-bond donors (Lipinski definition) is 1. The molecule has 1 aromatic rings. The Balaban J connectivity index is 2.63. The minimum Gasteiger partial charge on any atom is -0.496 e. The van der Waals surface area contributed by atoms with E-state index in [1.165, 1.54) is 22.3 Å². The Labute approximate surface area is 85.1 Å². The molecule has 0 radical (unpaired) electrons. The van der Waals surface area contributed by atoms with Gasteiger partial charge >= 0.3 is 0 Å². The van der Waals surface area contributed by atoms with Gasteiger partial charge in [-0.3, -0.25) is 0 Å². The lowest BCUT2D eigenvalue weighted by Gasteiger charge is -2.14. The van der Waals surface area contributed by atoms with E-state index in [4.69, 9.17) is 10.5 Å². The summed E-state index contributed by atoms with van der Waals surface area (Å²) in [6.07, 6.45) is 2.17. The standard InChI is InChI=1S/C12H17NO/c1-7-6-10-9(4-5-11(10)13)8(2)12(7)14-3/h6,11H,4-5,13H2,1-3H3/t11-/m0/s1. The molecule has 0 heterocycles. The molecule has 76 valence electrons. The first-order chi connectivity index (χ1) is 6.65. The van der Waals surface area contributed by atoms with Gasteiger partial charge < -0.3 is 10.5 Å². The molecule has 2 rings (SSSR count). The van der Waals surface area contributed by atoms with Crippen molar-refractivity contribution >= 4 is 0 Å². The third kappa shape index (κ3) is 1.22. The number of benzene rings is 1. The van der Waals surface area contributed by atoms with Crippen LogP contribution in [-0.4, -0.2) is 7.11 Å². The SMILES string of the molecule is COc1c(C)cc2c(c1C)CC[C@@H]2N. The molecule has 0 aromatic heterocycles. The molecule has 2 nitrogen and oxygen atoms in total. The van der Waals surface area contributed by atoms with Crippen LogP contribution in [0.1, 0.15) is 34.7 Å². The molecule has 1 aliphatic carbocycles. The molecule has 2 heteroatoms. The molecule has 14 heavy (non-hydrogen) atoms. The number of ether oxygens (including phenoxy) is 1. The van der Waals surface area contributed by atoms with Crippen LogP contribution in [0, 0.1) is 13.8 Å². The van der Waals surface area contributed by atoms with Crippen LogP contribution < -0.4 is 10.5 Å². The molecule has 0 saturated carbocycles. The maximum absolute atomic E-state index is 6.03. The molecular formula is C12H17NO. The van der Waals surface area contributed by atoms with Gasteiger partial charge in [0, 0.05) is 6.04 Å². The molecule has 1 aromatic carbocycles. The quantitative estimate of drug-likeness (QED) is 0.739. The van der Waals surface area contributed by atoms with Crippen LogP contribution in [0.5, 0.6) is 5.75 Å². The summed E-state index contributed by atoms with van der Waals surface area (Å²) in [6, 6.07) is 2.41. The van der Waals surface area contributed by atoms with Crippen molar-refractivity contribution in [3.05, 3.63) is 28.3 Å². The van der Waals surface area contributed by atoms with Gasteiger partial charge in [-0.05, 0) is 48.9 Å². The Kier molecular flexibility index (Phi) is 2.23. The summed E-state index contributed by atoms with van der Waals surface area (Å²) in [5, 5.41) is 0. The van der Waals surface area contributed by atoms with E-state index in [1.54, 1.807) is 7.11 Å². The molecule has 1 atom stereocenters. The van der Waals surface area contributed by atoms with Gasteiger partial charge in [-0.25, -0.2) is 0 Å². The first-order valence-corrected chi connectivity index (χ1v) is 5.07. The van der Waals surface area contributed by atoms with Crippen LogP contribution >= 0.6 is 0 Å². The van der Waals surface area contributed by atoms with E-state index in [1.807, 2.05) is 0 Å². The topological polar surface area (TPSA) is 35.2 Å². The second kappa shape index (κ2) is 3.28. The van der Waals surface area contributed by atoms with Gasteiger partial charge in [-0.2, -0.15) is 0 Å². The Morgan fingerprint density at radius 1 is 1.43 bits per heavy atom. The maximum Gasteiger partial charge on any atom is 0.124 e. The molecule has 1 aliphatic rings. The normalized spacial score (nSPS) is 19.6. The largest absolute Gasteiger partial charge is 0.496 e. The summed E-state index contributed by atoms with van der Waals surface area (Å²) < 4.78 is 5.40. The van der Waals surface area contributed by atoms with E-state index in [2.05, 4.69) is 19.9 Å². The Hall–Kier alpha value is -1.02. The lowest BCUT2D eigenvalue weighted by atomic mass is 9.99. The highest BCUT2D eigenvalue weighted by molar-refractivity contribution is 5.52. The summed E-state index contributed by atoms with van der Waals surface area (Å²) in [5.41, 5.74) is 11.2. The molecule has 0 unspecified atom stereocenters. The van der Waals surface area contributed by atoms with Gasteiger partial charge in [-0.1, -0.05) is 6.07 Å². The van der Waals surface area contributed by atoms with Crippen molar-refractivity contribution in [3.8, 4) is 5.75 Å². The van der Waals surface area contributed by atoms with E-state index in [0.29, 0.717) is 0 Å². The van der Waals surface area contributed by atoms with Gasteiger partial charge in [0.1, 0.15) is 5.75 Å². The van der Waals surface area contributed by atoms with E-state index >= 15 is 0 Å². The van der Waals surface area contributed by atoms with Crippen LogP contribution in [-0.2, 0) is 6.42 Å². The maximum atomic E-state index is 6.03. The van der Waals surface area contributed by atoms with Crippen molar-refractivity contribution in [2.75, 3.05) is 7.11 Å². The van der Waals surface area contributed by atoms with Gasteiger partial charge in [0.15, 0.2) is 0 Å². The highest BCUT2D eigenvalue weighted by Crippen LogP contribution is 2.37. The second-order valence-corrected chi connectivity index (χ2v) is 4.06. The zero-order chi connectivity index (χ0) is 10.3. The smallest absolute Gasteiger partial charge is 0.124 e. The van der Waals surface area contributed by atoms with Crippen molar-refractivity contribution in [1.82, 2.24) is 0 Å². The minimum absolute atomic E-state index is 0.230. The van der Waals surface area contributed by atoms with Gasteiger partial charge in [0.05, 0.1) is 7.11 Å². The Morgan fingerprint density at radius 2 is 2.14 bits per heavy atom. The first-order valence-electron chi connectivity index (χ1n) is 5.07. The molecule has 0 bridgehead atoms. The predicted molar refractivity (Wildman–Crippen MR) is 57.7 cm³/mol. The number of nitrogens with two attached hydrogens (primary N) is 1. The number of methoxy groups -OCH3 is 1. The van der Waals surface area contributed by atoms with Gasteiger partial charge in [0.25, 0.3) is 0 Å². The van der Waals surface area contributed by atoms with Crippen LogP contribution in [0.2, 0.25) is 0 Å². The summed E-state index contributed by atoms with van der Waals surface area (Å²) in [6.45, 7) is 4.21. The average Bonchev–Trinajstić information content (AvgIpc) is 2.49. The Morgan fingerprint density at radius 3 is 2.79 bits per heavy atom. The van der Waals surface area contributed by atoms with Crippen molar-refractivity contribution < 1.29 is 4.74 Å². The fraction of sp³-hybridized carbons (Fsp3) is 0.500. The lowest BCUT2D eigenvalue weighted by molar-refractivity contribution is 0.408. The van der Waals surface area contributed by atoms with Gasteiger partial charge in [-0.15, -0.1) is 0 Å². The number of rotatable bonds is 1. The lowest BCUT2D eigenvalue weighted by Crippen LogP contribution is -2.06. The van der Waals surface area contributed by atoms with Crippen molar-refractivity contribution in [2.45, 2.75) is 32.7 Å². The van der Waals surface area contributed by atoms with E-state index in [-0.39, 0.29) is 6.04 Å². The van der Waals surface area contributed by atoms with E-state index in [0.717, 1.165) is 18.6 Å². The second-order valence-electron chi connectivity index (χ2n) is 4.06. The monoisotopic (exact) mass is 191 g/mol. The molecule has 0 fully saturated rings. The van der Waals surface area contributed by atoms with Crippen molar-refractivity contribution in [1.29, 1.82) is 0 Å². The highest BCUT2D eigenvalue weighted by Gasteiger charge is 2.23. The molecule has 2 N–H and O–H groups in total. The van der Waals surface area contributed by atoms with E-state index < -0.39 is 0 Å². The number of hydrogen-bond acceptors (Lipinski definition) is 2. The van der Waals surface area contributed by atoms with Gasteiger partial charge in [0.2, 0.25) is 0 Å². The predicted octanol–water partition coefficient (Wildman–Crippen LogP) is 2.26. The fourth-order valence-electron chi connectivity index (χ4n) is 2.47. The van der Waals surface area contributed by atoms with Crippen molar-refractivity contribution in [2.24, 2.45) is 5.73 Å². The molecule has 0 saturated heterocycles. The highest BCUT2D eigenvalue weighted by atomic mass is 16.5. The minimum atomic E-state index is 0.230. The van der Waals surface area contributed by atoms with Crippen molar-refractivity contribution in [3.63, 3.8) is 0 Å². The van der Waals surface area contributed by atoms with Crippen LogP contribution in [0.3, 0.4) is 0 Å². The summed E-state index contributed by atoms with van der Waals surface area (Å²) in [4.78, 5) is 0. The van der Waals surface area contributed by atoms with Crippen LogP contribution in [0.25, 0.3) is 0 Å². The fourth-order valence-corrected chi connectivity index (χ4v) is 2.47. The zero-order valence-corrected chi connectivity index (χ0v) is 9.05.